The van der Waals surface area contributed by atoms with Gasteiger partial charge in [-0.05, 0) is 31.9 Å². The SMILES string of the molecule is CC(=N)c1cccc2c1C(C)N(C1CCC(=O)NC1=O)C2=O. The van der Waals surface area contributed by atoms with Crippen LogP contribution in [0.3, 0.4) is 0 Å². The van der Waals surface area contributed by atoms with Gasteiger partial charge in [0.1, 0.15) is 6.04 Å². The lowest BCUT2D eigenvalue weighted by Gasteiger charge is -2.33. The molecule has 0 radical (unpaired) electrons. The van der Waals surface area contributed by atoms with Gasteiger partial charge in [-0.1, -0.05) is 12.1 Å². The second-order valence-corrected chi connectivity index (χ2v) is 5.75. The van der Waals surface area contributed by atoms with Crippen molar-refractivity contribution in [1.82, 2.24) is 10.2 Å². The van der Waals surface area contributed by atoms with E-state index in [4.69, 9.17) is 5.41 Å². The van der Waals surface area contributed by atoms with Gasteiger partial charge in [0.05, 0.1) is 6.04 Å². The largest absolute Gasteiger partial charge is 0.320 e. The van der Waals surface area contributed by atoms with Crippen molar-refractivity contribution in [3.8, 4) is 0 Å². The molecular formula is C16H17N3O3. The average molecular weight is 299 g/mol. The van der Waals surface area contributed by atoms with Gasteiger partial charge in [-0.25, -0.2) is 0 Å². The maximum Gasteiger partial charge on any atom is 0.255 e. The van der Waals surface area contributed by atoms with Crippen molar-refractivity contribution in [1.29, 1.82) is 5.41 Å². The van der Waals surface area contributed by atoms with E-state index in [0.29, 0.717) is 17.7 Å². The first-order chi connectivity index (χ1) is 10.4. The summed E-state index contributed by atoms with van der Waals surface area (Å²) in [5.41, 5.74) is 2.46. The van der Waals surface area contributed by atoms with E-state index in [2.05, 4.69) is 5.32 Å². The average Bonchev–Trinajstić information content (AvgIpc) is 2.72. The van der Waals surface area contributed by atoms with E-state index in [-0.39, 0.29) is 24.3 Å². The van der Waals surface area contributed by atoms with E-state index in [9.17, 15) is 14.4 Å². The van der Waals surface area contributed by atoms with E-state index in [0.717, 1.165) is 11.1 Å². The van der Waals surface area contributed by atoms with Crippen LogP contribution in [0.4, 0.5) is 0 Å². The molecule has 3 amide bonds. The van der Waals surface area contributed by atoms with Crippen LogP contribution in [0, 0.1) is 5.41 Å². The van der Waals surface area contributed by atoms with Crippen molar-refractivity contribution in [3.63, 3.8) is 0 Å². The first-order valence-electron chi connectivity index (χ1n) is 7.26. The van der Waals surface area contributed by atoms with Crippen LogP contribution >= 0.6 is 0 Å². The smallest absolute Gasteiger partial charge is 0.255 e. The van der Waals surface area contributed by atoms with Gasteiger partial charge in [0.2, 0.25) is 11.8 Å². The molecular weight excluding hydrogens is 282 g/mol. The quantitative estimate of drug-likeness (QED) is 0.639. The minimum Gasteiger partial charge on any atom is -0.320 e. The Labute approximate surface area is 128 Å². The van der Waals surface area contributed by atoms with Crippen molar-refractivity contribution in [2.75, 3.05) is 0 Å². The molecule has 22 heavy (non-hydrogen) atoms. The van der Waals surface area contributed by atoms with Crippen LogP contribution in [0.1, 0.15) is 54.2 Å². The number of hydrogen-bond acceptors (Lipinski definition) is 4. The fourth-order valence-corrected chi connectivity index (χ4v) is 3.34. The topological polar surface area (TPSA) is 90.3 Å². The molecule has 0 saturated carbocycles. The molecule has 0 spiro atoms. The fraction of sp³-hybridized carbons (Fsp3) is 0.375. The number of piperidine rings is 1. The summed E-state index contributed by atoms with van der Waals surface area (Å²) in [6, 6.07) is 4.38. The Morgan fingerprint density at radius 3 is 2.68 bits per heavy atom. The Balaban J connectivity index is 2.02. The summed E-state index contributed by atoms with van der Waals surface area (Å²) in [4.78, 5) is 37.6. The van der Waals surface area contributed by atoms with Crippen molar-refractivity contribution in [2.45, 2.75) is 38.8 Å². The third-order valence-corrected chi connectivity index (χ3v) is 4.36. The molecule has 2 aliphatic rings. The highest BCUT2D eigenvalue weighted by atomic mass is 16.2. The lowest BCUT2D eigenvalue weighted by molar-refractivity contribution is -0.137. The van der Waals surface area contributed by atoms with Crippen molar-refractivity contribution >= 4 is 23.4 Å². The number of amides is 3. The van der Waals surface area contributed by atoms with Crippen LogP contribution in [0.25, 0.3) is 0 Å². The van der Waals surface area contributed by atoms with Crippen molar-refractivity contribution in [2.24, 2.45) is 0 Å². The number of hydrogen-bond donors (Lipinski definition) is 2. The minimum absolute atomic E-state index is 0.208. The van der Waals surface area contributed by atoms with E-state index in [1.807, 2.05) is 13.0 Å². The summed E-state index contributed by atoms with van der Waals surface area (Å²) in [6.45, 7) is 3.54. The second kappa shape index (κ2) is 5.05. The Hall–Kier alpha value is -2.50. The summed E-state index contributed by atoms with van der Waals surface area (Å²) in [7, 11) is 0. The molecule has 6 heteroatoms. The van der Waals surface area contributed by atoms with E-state index >= 15 is 0 Å². The molecule has 114 valence electrons. The lowest BCUT2D eigenvalue weighted by Crippen LogP contribution is -2.53. The van der Waals surface area contributed by atoms with Crippen LogP contribution in [0.2, 0.25) is 0 Å². The van der Waals surface area contributed by atoms with Crippen molar-refractivity contribution in [3.05, 3.63) is 34.9 Å². The summed E-state index contributed by atoms with van der Waals surface area (Å²) in [5.74, 6) is -0.924. The van der Waals surface area contributed by atoms with E-state index in [1.54, 1.807) is 24.0 Å². The molecule has 2 atom stereocenters. The molecule has 0 aliphatic carbocycles. The lowest BCUT2D eigenvalue weighted by atomic mass is 9.96. The predicted molar refractivity (Wildman–Crippen MR) is 79.7 cm³/mol. The number of imide groups is 1. The van der Waals surface area contributed by atoms with Gasteiger partial charge in [-0.2, -0.15) is 0 Å². The van der Waals surface area contributed by atoms with Gasteiger partial charge in [0, 0.05) is 23.3 Å². The van der Waals surface area contributed by atoms with E-state index in [1.165, 1.54) is 0 Å². The highest BCUT2D eigenvalue weighted by Crippen LogP contribution is 2.38. The zero-order chi connectivity index (χ0) is 16.0. The van der Waals surface area contributed by atoms with Gasteiger partial charge in [0.15, 0.2) is 0 Å². The Morgan fingerprint density at radius 1 is 1.32 bits per heavy atom. The molecule has 0 bridgehead atoms. The van der Waals surface area contributed by atoms with E-state index < -0.39 is 11.9 Å². The number of nitrogens with one attached hydrogen (secondary N) is 2. The molecule has 1 aromatic carbocycles. The summed E-state index contributed by atoms with van der Waals surface area (Å²) < 4.78 is 0. The summed E-state index contributed by atoms with van der Waals surface area (Å²) >= 11 is 0. The molecule has 0 aromatic heterocycles. The number of benzene rings is 1. The molecule has 1 aromatic rings. The Kier molecular flexibility index (Phi) is 3.31. The van der Waals surface area contributed by atoms with Gasteiger partial charge >= 0.3 is 0 Å². The van der Waals surface area contributed by atoms with Crippen LogP contribution < -0.4 is 5.32 Å². The number of carbonyl (C=O) groups is 3. The van der Waals surface area contributed by atoms with Crippen LogP contribution in [-0.4, -0.2) is 34.4 Å². The molecule has 2 heterocycles. The number of nitrogens with zero attached hydrogens (tertiary/aromatic N) is 1. The summed E-state index contributed by atoms with van der Waals surface area (Å²) in [6.07, 6.45) is 0.577. The monoisotopic (exact) mass is 299 g/mol. The zero-order valence-corrected chi connectivity index (χ0v) is 12.5. The summed E-state index contributed by atoms with van der Waals surface area (Å²) in [5, 5.41) is 10.2. The molecule has 1 fully saturated rings. The Bertz CT molecular complexity index is 711. The van der Waals surface area contributed by atoms with Gasteiger partial charge in [-0.15, -0.1) is 0 Å². The third kappa shape index (κ3) is 2.03. The molecule has 2 aliphatic heterocycles. The molecule has 3 rings (SSSR count). The highest BCUT2D eigenvalue weighted by molar-refractivity contribution is 6.08. The predicted octanol–water partition coefficient (Wildman–Crippen LogP) is 1.40. The first-order valence-corrected chi connectivity index (χ1v) is 7.26. The standard InChI is InChI=1S/C16H17N3O3/c1-8(17)10-4-3-5-11-14(10)9(2)19(16(11)22)12-6-7-13(20)18-15(12)21/h3-5,9,12,17H,6-7H2,1-2H3,(H,18,20,21). The van der Waals surface area contributed by atoms with Gasteiger partial charge in [0.25, 0.3) is 5.91 Å². The first kappa shape index (κ1) is 14.4. The maximum absolute atomic E-state index is 12.7. The molecule has 6 nitrogen and oxygen atoms in total. The number of fused-ring (bicyclic) bond motifs is 1. The molecule has 2 N–H and O–H groups in total. The van der Waals surface area contributed by atoms with Crippen LogP contribution in [0.15, 0.2) is 18.2 Å². The van der Waals surface area contributed by atoms with Crippen LogP contribution in [-0.2, 0) is 9.59 Å². The number of carbonyl (C=O) groups excluding carboxylic acids is 3. The maximum atomic E-state index is 12.7. The fourth-order valence-electron chi connectivity index (χ4n) is 3.34. The molecule has 2 unspecified atom stereocenters. The normalized spacial score (nSPS) is 24.3. The van der Waals surface area contributed by atoms with Crippen LogP contribution in [0.5, 0.6) is 0 Å². The van der Waals surface area contributed by atoms with Crippen molar-refractivity contribution < 1.29 is 14.4 Å². The minimum atomic E-state index is -0.633. The van der Waals surface area contributed by atoms with Gasteiger partial charge in [-0.3, -0.25) is 19.7 Å². The highest BCUT2D eigenvalue weighted by Gasteiger charge is 2.43. The molecule has 1 saturated heterocycles. The zero-order valence-electron chi connectivity index (χ0n) is 12.5. The number of rotatable bonds is 2. The third-order valence-electron chi connectivity index (χ3n) is 4.36. The van der Waals surface area contributed by atoms with Gasteiger partial charge < -0.3 is 10.3 Å². The Morgan fingerprint density at radius 2 is 2.05 bits per heavy atom. The second-order valence-electron chi connectivity index (χ2n) is 5.75.